The molecule has 0 heterocycles. The van der Waals surface area contributed by atoms with Crippen LogP contribution >= 0.6 is 0 Å². The number of aliphatic carboxylic acids is 1. The van der Waals surface area contributed by atoms with Gasteiger partial charge in [-0.2, -0.15) is 0 Å². The summed E-state index contributed by atoms with van der Waals surface area (Å²) in [6.07, 6.45) is 0.114. The molecule has 25 heavy (non-hydrogen) atoms. The Morgan fingerprint density at radius 1 is 0.920 bits per heavy atom. The van der Waals surface area contributed by atoms with Gasteiger partial charge in [0.1, 0.15) is 5.41 Å². The molecule has 1 unspecified atom stereocenters. The molecule has 0 aromatic heterocycles. The van der Waals surface area contributed by atoms with Gasteiger partial charge in [-0.15, -0.1) is 0 Å². The lowest BCUT2D eigenvalue weighted by Crippen LogP contribution is -2.44. The van der Waals surface area contributed by atoms with Crippen LogP contribution in [0.5, 0.6) is 0 Å². The van der Waals surface area contributed by atoms with E-state index < -0.39 is 11.4 Å². The zero-order chi connectivity index (χ0) is 18.3. The number of benzene rings is 2. The molecule has 5 nitrogen and oxygen atoms in total. The van der Waals surface area contributed by atoms with E-state index in [4.69, 9.17) is 0 Å². The van der Waals surface area contributed by atoms with E-state index in [2.05, 4.69) is 5.32 Å². The Labute approximate surface area is 146 Å². The lowest BCUT2D eigenvalue weighted by atomic mass is 9.82. The molecule has 130 valence electrons. The van der Waals surface area contributed by atoms with Crippen LogP contribution in [0.2, 0.25) is 0 Å². The highest BCUT2D eigenvalue weighted by Crippen LogP contribution is 2.23. The van der Waals surface area contributed by atoms with Crippen molar-refractivity contribution in [1.82, 2.24) is 5.32 Å². The number of carboxylic acid groups (broad SMARTS) is 1. The van der Waals surface area contributed by atoms with E-state index in [1.54, 1.807) is 61.5 Å². The molecule has 0 spiro atoms. The first-order valence-electron chi connectivity index (χ1n) is 8.07. The summed E-state index contributed by atoms with van der Waals surface area (Å²) < 4.78 is 0. The zero-order valence-corrected chi connectivity index (χ0v) is 14.1. The van der Waals surface area contributed by atoms with Crippen molar-refractivity contribution in [3.05, 3.63) is 71.8 Å². The van der Waals surface area contributed by atoms with Gasteiger partial charge in [0.2, 0.25) is 5.91 Å². The number of hydrogen-bond donors (Lipinski definition) is 2. The van der Waals surface area contributed by atoms with Gasteiger partial charge in [-0.1, -0.05) is 60.7 Å². The Morgan fingerprint density at radius 3 is 2.04 bits per heavy atom. The fourth-order valence-electron chi connectivity index (χ4n) is 2.47. The first-order chi connectivity index (χ1) is 11.9. The molecule has 2 aromatic carbocycles. The number of carbonyl (C=O) groups excluding carboxylic acids is 2. The maximum atomic E-state index is 12.0. The summed E-state index contributed by atoms with van der Waals surface area (Å²) in [5.41, 5.74) is -0.0430. The SMILES string of the molecule is CC(CNC(=O)CCC(=O)c1ccccc1)(C(=O)O)c1ccccc1. The van der Waals surface area contributed by atoms with Crippen LogP contribution in [-0.4, -0.2) is 29.3 Å². The molecular weight excluding hydrogens is 318 g/mol. The standard InChI is InChI=1S/C20H21NO4/c1-20(19(24)25,16-10-6-3-7-11-16)14-21-18(23)13-12-17(22)15-8-4-2-5-9-15/h2-11H,12-14H2,1H3,(H,21,23)(H,24,25). The van der Waals surface area contributed by atoms with E-state index in [1.165, 1.54) is 0 Å². The third kappa shape index (κ3) is 4.76. The second kappa shape index (κ2) is 8.24. The molecule has 0 aliphatic heterocycles. The molecule has 0 saturated carbocycles. The number of amides is 1. The Bertz CT molecular complexity index is 743. The monoisotopic (exact) mass is 339 g/mol. The number of Topliss-reactive ketones (excluding diaryl/α,β-unsaturated/α-hetero) is 1. The van der Waals surface area contributed by atoms with Crippen LogP contribution in [0.3, 0.4) is 0 Å². The maximum absolute atomic E-state index is 12.0. The van der Waals surface area contributed by atoms with Gasteiger partial charge in [0, 0.05) is 24.9 Å². The van der Waals surface area contributed by atoms with Crippen molar-refractivity contribution in [2.45, 2.75) is 25.2 Å². The largest absolute Gasteiger partial charge is 0.481 e. The van der Waals surface area contributed by atoms with Crippen LogP contribution < -0.4 is 5.32 Å². The first kappa shape index (κ1) is 18.4. The van der Waals surface area contributed by atoms with Crippen molar-refractivity contribution >= 4 is 17.7 Å². The molecule has 1 amide bonds. The maximum Gasteiger partial charge on any atom is 0.315 e. The van der Waals surface area contributed by atoms with Gasteiger partial charge in [-0.3, -0.25) is 14.4 Å². The van der Waals surface area contributed by atoms with E-state index in [1.807, 2.05) is 6.07 Å². The van der Waals surface area contributed by atoms with Crippen molar-refractivity contribution in [3.63, 3.8) is 0 Å². The van der Waals surface area contributed by atoms with Crippen molar-refractivity contribution < 1.29 is 19.5 Å². The normalized spacial score (nSPS) is 12.8. The molecule has 0 aliphatic carbocycles. The third-order valence-corrected chi connectivity index (χ3v) is 4.20. The molecular formula is C20H21NO4. The number of nitrogens with one attached hydrogen (secondary N) is 1. The van der Waals surface area contributed by atoms with Gasteiger partial charge < -0.3 is 10.4 Å². The van der Waals surface area contributed by atoms with Crippen LogP contribution in [0.4, 0.5) is 0 Å². The van der Waals surface area contributed by atoms with Gasteiger partial charge in [0.25, 0.3) is 0 Å². The van der Waals surface area contributed by atoms with E-state index in [0.717, 1.165) is 0 Å². The molecule has 2 N–H and O–H groups in total. The molecule has 0 fully saturated rings. The number of hydrogen-bond acceptors (Lipinski definition) is 3. The van der Waals surface area contributed by atoms with Crippen LogP contribution in [0.1, 0.15) is 35.7 Å². The number of ketones is 1. The smallest absolute Gasteiger partial charge is 0.315 e. The van der Waals surface area contributed by atoms with Crippen molar-refractivity contribution in [2.24, 2.45) is 0 Å². The minimum atomic E-state index is -1.22. The highest BCUT2D eigenvalue weighted by atomic mass is 16.4. The fourth-order valence-corrected chi connectivity index (χ4v) is 2.47. The van der Waals surface area contributed by atoms with Crippen LogP contribution in [0.25, 0.3) is 0 Å². The van der Waals surface area contributed by atoms with E-state index in [-0.39, 0.29) is 31.1 Å². The summed E-state index contributed by atoms with van der Waals surface area (Å²) in [5, 5.41) is 12.2. The predicted octanol–water partition coefficient (Wildman–Crippen LogP) is 2.81. The minimum absolute atomic E-state index is 0.0260. The quantitative estimate of drug-likeness (QED) is 0.725. The fraction of sp³-hybridized carbons (Fsp3) is 0.250. The Balaban J connectivity index is 1.92. The Morgan fingerprint density at radius 2 is 1.48 bits per heavy atom. The molecule has 5 heteroatoms. The lowest BCUT2D eigenvalue weighted by Gasteiger charge is -2.25. The molecule has 0 saturated heterocycles. The Kier molecular flexibility index (Phi) is 6.06. The van der Waals surface area contributed by atoms with Crippen LogP contribution in [0.15, 0.2) is 60.7 Å². The van der Waals surface area contributed by atoms with Gasteiger partial charge in [-0.05, 0) is 12.5 Å². The summed E-state index contributed by atoms with van der Waals surface area (Å²) in [6.45, 7) is 1.53. The van der Waals surface area contributed by atoms with E-state index in [9.17, 15) is 19.5 Å². The summed E-state index contributed by atoms with van der Waals surface area (Å²) in [5.74, 6) is -1.47. The average Bonchev–Trinajstić information content (AvgIpc) is 2.65. The molecule has 0 radical (unpaired) electrons. The summed E-state index contributed by atoms with van der Waals surface area (Å²) in [7, 11) is 0. The molecule has 2 aromatic rings. The van der Waals surface area contributed by atoms with Crippen LogP contribution in [0, 0.1) is 0 Å². The molecule has 1 atom stereocenters. The number of rotatable bonds is 8. The number of carboxylic acids is 1. The first-order valence-corrected chi connectivity index (χ1v) is 8.07. The van der Waals surface area contributed by atoms with Gasteiger partial charge in [-0.25, -0.2) is 0 Å². The minimum Gasteiger partial charge on any atom is -0.481 e. The van der Waals surface area contributed by atoms with Crippen molar-refractivity contribution in [2.75, 3.05) is 6.54 Å². The highest BCUT2D eigenvalue weighted by Gasteiger charge is 2.35. The summed E-state index contributed by atoms with van der Waals surface area (Å²) in [4.78, 5) is 35.7. The molecule has 2 rings (SSSR count). The van der Waals surface area contributed by atoms with E-state index >= 15 is 0 Å². The summed E-state index contributed by atoms with van der Waals surface area (Å²) in [6, 6.07) is 17.5. The second-order valence-electron chi connectivity index (χ2n) is 6.07. The molecule has 0 aliphatic rings. The van der Waals surface area contributed by atoms with Gasteiger partial charge in [0.15, 0.2) is 5.78 Å². The van der Waals surface area contributed by atoms with Crippen molar-refractivity contribution in [3.8, 4) is 0 Å². The van der Waals surface area contributed by atoms with E-state index in [0.29, 0.717) is 11.1 Å². The van der Waals surface area contributed by atoms with Crippen LogP contribution in [-0.2, 0) is 15.0 Å². The summed E-state index contributed by atoms with van der Waals surface area (Å²) >= 11 is 0. The Hall–Kier alpha value is -2.95. The lowest BCUT2D eigenvalue weighted by molar-refractivity contribution is -0.143. The number of carbonyl (C=O) groups is 3. The predicted molar refractivity (Wildman–Crippen MR) is 94.4 cm³/mol. The van der Waals surface area contributed by atoms with Gasteiger partial charge >= 0.3 is 5.97 Å². The van der Waals surface area contributed by atoms with Gasteiger partial charge in [0.05, 0.1) is 0 Å². The highest BCUT2D eigenvalue weighted by molar-refractivity contribution is 5.98. The third-order valence-electron chi connectivity index (χ3n) is 4.20. The average molecular weight is 339 g/mol. The second-order valence-corrected chi connectivity index (χ2v) is 6.07. The topological polar surface area (TPSA) is 83.5 Å². The molecule has 0 bridgehead atoms. The zero-order valence-electron chi connectivity index (χ0n) is 14.1. The van der Waals surface area contributed by atoms with Crippen molar-refractivity contribution in [1.29, 1.82) is 0 Å².